The Kier molecular flexibility index (Phi) is 3.27. The Labute approximate surface area is 109 Å². The number of epoxide rings is 1. The Morgan fingerprint density at radius 3 is 2.71 bits per heavy atom. The van der Waals surface area contributed by atoms with Gasteiger partial charge in [-0.05, 0) is 39.0 Å². The maximum Gasteiger partial charge on any atom is 0.163 e. The molecule has 4 heteroatoms. The van der Waals surface area contributed by atoms with Crippen LogP contribution in [0.15, 0.2) is 22.7 Å². The molecule has 0 aromatic heterocycles. The minimum Gasteiger partial charge on any atom is -0.490 e. The fourth-order valence-electron chi connectivity index (χ4n) is 1.64. The zero-order valence-corrected chi connectivity index (χ0v) is 11.7. The summed E-state index contributed by atoms with van der Waals surface area (Å²) in [6, 6.07) is 5.44. The fourth-order valence-corrected chi connectivity index (χ4v) is 2.00. The summed E-state index contributed by atoms with van der Waals surface area (Å²) in [5.74, 6) is 0.615. The molecule has 0 amide bonds. The van der Waals surface area contributed by atoms with E-state index in [-0.39, 0.29) is 17.5 Å². The van der Waals surface area contributed by atoms with E-state index in [4.69, 9.17) is 9.47 Å². The second-order valence-electron chi connectivity index (χ2n) is 4.72. The first-order valence-corrected chi connectivity index (χ1v) is 6.30. The monoisotopic (exact) mass is 298 g/mol. The lowest BCUT2D eigenvalue weighted by Crippen LogP contribution is -2.13. The predicted octanol–water partition coefficient (Wildman–Crippen LogP) is 3.21. The van der Waals surface area contributed by atoms with E-state index >= 15 is 0 Å². The molecule has 92 valence electrons. The summed E-state index contributed by atoms with van der Waals surface area (Å²) < 4.78 is 12.0. The van der Waals surface area contributed by atoms with Crippen molar-refractivity contribution in [1.82, 2.24) is 0 Å². The van der Waals surface area contributed by atoms with Gasteiger partial charge in [-0.15, -0.1) is 0 Å². The largest absolute Gasteiger partial charge is 0.490 e. The normalized spacial score (nSPS) is 21.1. The fraction of sp³-hybridized carbons (Fsp3) is 0.462. The molecule has 1 aromatic carbocycles. The second-order valence-corrected chi connectivity index (χ2v) is 5.63. The number of ketones is 1. The van der Waals surface area contributed by atoms with Crippen LogP contribution in [0.4, 0.5) is 0 Å². The highest BCUT2D eigenvalue weighted by molar-refractivity contribution is 9.10. The van der Waals surface area contributed by atoms with E-state index in [1.54, 1.807) is 12.1 Å². The van der Waals surface area contributed by atoms with Crippen LogP contribution in [0.1, 0.15) is 31.1 Å². The Balaban J connectivity index is 2.08. The van der Waals surface area contributed by atoms with Gasteiger partial charge in [0, 0.05) is 4.47 Å². The summed E-state index contributed by atoms with van der Waals surface area (Å²) in [6.45, 7) is 6.06. The predicted molar refractivity (Wildman–Crippen MR) is 68.6 cm³/mol. The smallest absolute Gasteiger partial charge is 0.163 e. The van der Waals surface area contributed by atoms with E-state index in [2.05, 4.69) is 15.9 Å². The van der Waals surface area contributed by atoms with Crippen LogP contribution in [0.5, 0.6) is 5.75 Å². The molecule has 2 rings (SSSR count). The number of halogens is 1. The van der Waals surface area contributed by atoms with Gasteiger partial charge in [0.15, 0.2) is 5.78 Å². The molecule has 0 unspecified atom stereocenters. The molecular weight excluding hydrogens is 284 g/mol. The van der Waals surface area contributed by atoms with Crippen molar-refractivity contribution < 1.29 is 14.3 Å². The van der Waals surface area contributed by atoms with Gasteiger partial charge >= 0.3 is 0 Å². The molecule has 0 bridgehead atoms. The number of ether oxygens (including phenoxy) is 2. The number of benzene rings is 1. The number of Topliss-reactive ketones (excluding diaryl/α,β-unsaturated/α-hetero) is 1. The Hall–Kier alpha value is -0.870. The lowest BCUT2D eigenvalue weighted by Gasteiger charge is -2.09. The summed E-state index contributed by atoms with van der Waals surface area (Å²) in [7, 11) is 0. The molecule has 1 saturated heterocycles. The summed E-state index contributed by atoms with van der Waals surface area (Å²) >= 11 is 3.34. The zero-order valence-electron chi connectivity index (χ0n) is 10.1. The highest BCUT2D eigenvalue weighted by atomic mass is 79.9. The van der Waals surface area contributed by atoms with E-state index in [0.29, 0.717) is 17.9 Å². The third kappa shape index (κ3) is 2.87. The van der Waals surface area contributed by atoms with Crippen molar-refractivity contribution in [3.63, 3.8) is 0 Å². The first kappa shape index (κ1) is 12.6. The molecular formula is C13H15BrO3. The summed E-state index contributed by atoms with van der Waals surface area (Å²) in [5, 5.41) is 0. The molecule has 1 aliphatic heterocycles. The Bertz CT molecular complexity index is 454. The van der Waals surface area contributed by atoms with Gasteiger partial charge in [-0.2, -0.15) is 0 Å². The van der Waals surface area contributed by atoms with Crippen LogP contribution in [-0.4, -0.2) is 24.1 Å². The number of carbonyl (C=O) groups is 1. The SMILES string of the molecule is CC(=O)c1cc(Br)ccc1OC[C@@H]1OC1(C)C. The summed E-state index contributed by atoms with van der Waals surface area (Å²) in [4.78, 5) is 11.5. The average molecular weight is 299 g/mol. The average Bonchev–Trinajstić information content (AvgIpc) is 2.84. The number of hydrogen-bond acceptors (Lipinski definition) is 3. The molecule has 0 radical (unpaired) electrons. The van der Waals surface area contributed by atoms with Crippen LogP contribution in [0.25, 0.3) is 0 Å². The highest BCUT2D eigenvalue weighted by Gasteiger charge is 2.48. The molecule has 1 aliphatic rings. The van der Waals surface area contributed by atoms with E-state index in [0.717, 1.165) is 4.47 Å². The molecule has 17 heavy (non-hydrogen) atoms. The molecule has 1 heterocycles. The van der Waals surface area contributed by atoms with Gasteiger partial charge in [-0.25, -0.2) is 0 Å². The van der Waals surface area contributed by atoms with Crippen molar-refractivity contribution in [3.8, 4) is 5.75 Å². The van der Waals surface area contributed by atoms with E-state index in [1.165, 1.54) is 6.92 Å². The van der Waals surface area contributed by atoms with Gasteiger partial charge in [0.1, 0.15) is 18.5 Å². The minimum atomic E-state index is -0.0915. The van der Waals surface area contributed by atoms with Gasteiger partial charge < -0.3 is 9.47 Å². The van der Waals surface area contributed by atoms with E-state index in [1.807, 2.05) is 19.9 Å². The van der Waals surface area contributed by atoms with Gasteiger partial charge in [0.25, 0.3) is 0 Å². The van der Waals surface area contributed by atoms with Crippen molar-refractivity contribution in [1.29, 1.82) is 0 Å². The highest BCUT2D eigenvalue weighted by Crippen LogP contribution is 2.36. The molecule has 0 spiro atoms. The lowest BCUT2D eigenvalue weighted by atomic mass is 10.1. The zero-order chi connectivity index (χ0) is 12.6. The molecule has 1 atom stereocenters. The van der Waals surface area contributed by atoms with Crippen molar-refractivity contribution in [3.05, 3.63) is 28.2 Å². The summed E-state index contributed by atoms with van der Waals surface area (Å²) in [5.41, 5.74) is 0.504. The van der Waals surface area contributed by atoms with Gasteiger partial charge in [0.05, 0.1) is 11.2 Å². The van der Waals surface area contributed by atoms with Gasteiger partial charge in [-0.1, -0.05) is 15.9 Å². The van der Waals surface area contributed by atoms with Crippen LogP contribution in [0.2, 0.25) is 0 Å². The van der Waals surface area contributed by atoms with Crippen LogP contribution in [0.3, 0.4) is 0 Å². The molecule has 0 N–H and O–H groups in total. The maximum atomic E-state index is 11.5. The molecule has 1 aromatic rings. The lowest BCUT2D eigenvalue weighted by molar-refractivity contribution is 0.101. The molecule has 0 saturated carbocycles. The first-order valence-electron chi connectivity index (χ1n) is 5.51. The summed E-state index contributed by atoms with van der Waals surface area (Å²) in [6.07, 6.45) is 0.117. The minimum absolute atomic E-state index is 0.00252. The Morgan fingerprint density at radius 2 is 2.18 bits per heavy atom. The number of rotatable bonds is 4. The van der Waals surface area contributed by atoms with Crippen LogP contribution in [0, 0.1) is 0 Å². The quantitative estimate of drug-likeness (QED) is 0.633. The molecule has 0 aliphatic carbocycles. The number of hydrogen-bond donors (Lipinski definition) is 0. The number of carbonyl (C=O) groups excluding carboxylic acids is 1. The van der Waals surface area contributed by atoms with E-state index in [9.17, 15) is 4.79 Å². The topological polar surface area (TPSA) is 38.8 Å². The van der Waals surface area contributed by atoms with Crippen LogP contribution >= 0.6 is 15.9 Å². The van der Waals surface area contributed by atoms with Crippen LogP contribution < -0.4 is 4.74 Å². The van der Waals surface area contributed by atoms with Crippen molar-refractivity contribution >= 4 is 21.7 Å². The Morgan fingerprint density at radius 1 is 1.53 bits per heavy atom. The first-order chi connectivity index (χ1) is 7.90. The van der Waals surface area contributed by atoms with Crippen LogP contribution in [-0.2, 0) is 4.74 Å². The third-order valence-electron chi connectivity index (χ3n) is 2.88. The second kappa shape index (κ2) is 4.42. The van der Waals surface area contributed by atoms with E-state index < -0.39 is 0 Å². The molecule has 3 nitrogen and oxygen atoms in total. The van der Waals surface area contributed by atoms with Crippen molar-refractivity contribution in [2.24, 2.45) is 0 Å². The van der Waals surface area contributed by atoms with Gasteiger partial charge in [0.2, 0.25) is 0 Å². The van der Waals surface area contributed by atoms with Gasteiger partial charge in [-0.3, -0.25) is 4.79 Å². The standard InChI is InChI=1S/C13H15BrO3/c1-8(15)10-6-9(14)4-5-11(10)16-7-12-13(2,3)17-12/h4-6,12H,7H2,1-3H3/t12-/m0/s1. The van der Waals surface area contributed by atoms with Crippen molar-refractivity contribution in [2.75, 3.05) is 6.61 Å². The third-order valence-corrected chi connectivity index (χ3v) is 3.37. The maximum absolute atomic E-state index is 11.5. The molecule has 1 fully saturated rings. The van der Waals surface area contributed by atoms with Crippen molar-refractivity contribution in [2.45, 2.75) is 32.5 Å².